The molecule has 1 aliphatic rings. The molecule has 0 saturated carbocycles. The summed E-state index contributed by atoms with van der Waals surface area (Å²) in [5.41, 5.74) is 4.64. The van der Waals surface area contributed by atoms with Crippen molar-refractivity contribution in [2.75, 3.05) is 23.4 Å². The number of ether oxygens (including phenoxy) is 1. The maximum atomic E-state index is 12.4. The molecule has 2 aromatic carbocycles. The summed E-state index contributed by atoms with van der Waals surface area (Å²) in [5.74, 6) is -1.60. The van der Waals surface area contributed by atoms with Crippen LogP contribution in [0.4, 0.5) is 11.4 Å². The Balaban J connectivity index is 1.56. The molecule has 6 heteroatoms. The van der Waals surface area contributed by atoms with E-state index in [2.05, 4.69) is 5.32 Å². The van der Waals surface area contributed by atoms with Gasteiger partial charge in [0.1, 0.15) is 0 Å². The molecular formula is C23H26N2O4. The molecule has 1 atom stereocenters. The number of hydrogen-bond donors (Lipinski definition) is 1. The second kappa shape index (κ2) is 8.90. The fourth-order valence-corrected chi connectivity index (χ4v) is 3.67. The Morgan fingerprint density at radius 2 is 1.83 bits per heavy atom. The van der Waals surface area contributed by atoms with E-state index < -0.39 is 17.8 Å². The molecule has 1 fully saturated rings. The lowest BCUT2D eigenvalue weighted by Crippen LogP contribution is -2.28. The Kier molecular flexibility index (Phi) is 6.32. The Bertz CT molecular complexity index is 918. The summed E-state index contributed by atoms with van der Waals surface area (Å²) in [5, 5.41) is 2.73. The lowest BCUT2D eigenvalue weighted by molar-refractivity contribution is -0.151. The largest absolute Gasteiger partial charge is 0.455 e. The van der Waals surface area contributed by atoms with Crippen molar-refractivity contribution in [2.24, 2.45) is 5.92 Å². The summed E-state index contributed by atoms with van der Waals surface area (Å²) in [6, 6.07) is 13.4. The molecule has 3 rings (SSSR count). The van der Waals surface area contributed by atoms with Gasteiger partial charge in [-0.1, -0.05) is 31.2 Å². The molecule has 0 bridgehead atoms. The van der Waals surface area contributed by atoms with Gasteiger partial charge >= 0.3 is 5.97 Å². The van der Waals surface area contributed by atoms with Crippen LogP contribution in [0.25, 0.3) is 0 Å². The SMILES string of the molecule is CCc1ccccc1N1C[C@@H](C(=O)OCC(=O)Nc2cc(C)cc(C)c2)CC1=O. The maximum Gasteiger partial charge on any atom is 0.311 e. The number of carbonyl (C=O) groups excluding carboxylic acids is 3. The smallest absolute Gasteiger partial charge is 0.311 e. The molecule has 0 unspecified atom stereocenters. The molecular weight excluding hydrogens is 368 g/mol. The average Bonchev–Trinajstić information content (AvgIpc) is 3.06. The molecule has 2 amide bonds. The number of benzene rings is 2. The highest BCUT2D eigenvalue weighted by Gasteiger charge is 2.37. The molecule has 1 aliphatic heterocycles. The minimum absolute atomic E-state index is 0.0928. The highest BCUT2D eigenvalue weighted by Crippen LogP contribution is 2.29. The highest BCUT2D eigenvalue weighted by molar-refractivity contribution is 6.00. The minimum atomic E-state index is -0.568. The number of hydrogen-bond acceptors (Lipinski definition) is 4. The van der Waals surface area contributed by atoms with Gasteiger partial charge in [0.05, 0.1) is 5.92 Å². The number of aryl methyl sites for hydroxylation is 3. The van der Waals surface area contributed by atoms with Crippen molar-refractivity contribution < 1.29 is 19.1 Å². The molecule has 0 aromatic heterocycles. The first-order valence-corrected chi connectivity index (χ1v) is 9.80. The molecule has 6 nitrogen and oxygen atoms in total. The predicted octanol–water partition coefficient (Wildman–Crippen LogP) is 3.40. The van der Waals surface area contributed by atoms with Gasteiger partial charge in [-0.25, -0.2) is 0 Å². The van der Waals surface area contributed by atoms with Gasteiger partial charge in [0.15, 0.2) is 6.61 Å². The van der Waals surface area contributed by atoms with Crippen LogP contribution in [-0.4, -0.2) is 30.9 Å². The second-order valence-corrected chi connectivity index (χ2v) is 7.42. The first-order valence-electron chi connectivity index (χ1n) is 9.80. The van der Waals surface area contributed by atoms with E-state index in [1.165, 1.54) is 0 Å². The summed E-state index contributed by atoms with van der Waals surface area (Å²) in [7, 11) is 0. The van der Waals surface area contributed by atoms with Crippen LogP contribution in [0.2, 0.25) is 0 Å². The number of rotatable bonds is 6. The number of nitrogens with zero attached hydrogens (tertiary/aromatic N) is 1. The molecule has 0 spiro atoms. The standard InChI is InChI=1S/C23H26N2O4/c1-4-17-7-5-6-8-20(17)25-13-18(12-22(25)27)23(28)29-14-21(26)24-19-10-15(2)9-16(3)11-19/h5-11,18H,4,12-14H2,1-3H3,(H,24,26)/t18-/m0/s1. The first kappa shape index (κ1) is 20.6. The van der Waals surface area contributed by atoms with Gasteiger partial charge in [-0.05, 0) is 55.2 Å². The van der Waals surface area contributed by atoms with Crippen LogP contribution in [0.3, 0.4) is 0 Å². The zero-order valence-corrected chi connectivity index (χ0v) is 17.0. The Hall–Kier alpha value is -3.15. The van der Waals surface area contributed by atoms with Gasteiger partial charge in [0, 0.05) is 24.3 Å². The summed E-state index contributed by atoms with van der Waals surface area (Å²) >= 11 is 0. The van der Waals surface area contributed by atoms with Crippen molar-refractivity contribution in [1.29, 1.82) is 0 Å². The Labute approximate surface area is 170 Å². The van der Waals surface area contributed by atoms with Crippen LogP contribution in [0.1, 0.15) is 30.0 Å². The van der Waals surface area contributed by atoms with Crippen LogP contribution in [0.15, 0.2) is 42.5 Å². The highest BCUT2D eigenvalue weighted by atomic mass is 16.5. The third-order valence-corrected chi connectivity index (χ3v) is 4.97. The molecule has 1 N–H and O–H groups in total. The van der Waals surface area contributed by atoms with E-state index in [4.69, 9.17) is 4.74 Å². The zero-order valence-electron chi connectivity index (χ0n) is 17.0. The van der Waals surface area contributed by atoms with E-state index in [9.17, 15) is 14.4 Å². The van der Waals surface area contributed by atoms with E-state index in [1.54, 1.807) is 4.90 Å². The van der Waals surface area contributed by atoms with E-state index >= 15 is 0 Å². The van der Waals surface area contributed by atoms with Crippen molar-refractivity contribution in [3.05, 3.63) is 59.2 Å². The van der Waals surface area contributed by atoms with Crippen molar-refractivity contribution in [3.8, 4) is 0 Å². The lowest BCUT2D eigenvalue weighted by atomic mass is 10.1. The quantitative estimate of drug-likeness (QED) is 0.762. The number of amides is 2. The molecule has 1 saturated heterocycles. The van der Waals surface area contributed by atoms with Crippen molar-refractivity contribution in [3.63, 3.8) is 0 Å². The number of nitrogens with one attached hydrogen (secondary N) is 1. The third-order valence-electron chi connectivity index (χ3n) is 4.97. The molecule has 152 valence electrons. The molecule has 29 heavy (non-hydrogen) atoms. The maximum absolute atomic E-state index is 12.4. The van der Waals surface area contributed by atoms with E-state index in [0.717, 1.165) is 28.8 Å². The minimum Gasteiger partial charge on any atom is -0.455 e. The third kappa shape index (κ3) is 5.02. The predicted molar refractivity (Wildman–Crippen MR) is 112 cm³/mol. The second-order valence-electron chi connectivity index (χ2n) is 7.42. The summed E-state index contributed by atoms with van der Waals surface area (Å²) in [6.45, 7) is 5.82. The molecule has 1 heterocycles. The normalized spacial score (nSPS) is 16.0. The molecule has 2 aromatic rings. The zero-order chi connectivity index (χ0) is 21.0. The number of para-hydroxylation sites is 1. The van der Waals surface area contributed by atoms with Gasteiger partial charge in [-0.2, -0.15) is 0 Å². The first-order chi connectivity index (χ1) is 13.9. The summed E-state index contributed by atoms with van der Waals surface area (Å²) in [4.78, 5) is 38.6. The summed E-state index contributed by atoms with van der Waals surface area (Å²) in [6.07, 6.45) is 0.892. The fraction of sp³-hybridized carbons (Fsp3) is 0.348. The van der Waals surface area contributed by atoms with Crippen LogP contribution in [0.5, 0.6) is 0 Å². The van der Waals surface area contributed by atoms with E-state index in [-0.39, 0.29) is 25.5 Å². The van der Waals surface area contributed by atoms with E-state index in [1.807, 2.05) is 63.2 Å². The van der Waals surface area contributed by atoms with Gasteiger partial charge in [0.2, 0.25) is 5.91 Å². The number of esters is 1. The Morgan fingerprint density at radius 3 is 2.52 bits per heavy atom. The van der Waals surface area contributed by atoms with Gasteiger partial charge in [0.25, 0.3) is 5.91 Å². The number of carbonyl (C=O) groups is 3. The average molecular weight is 394 g/mol. The molecule has 0 radical (unpaired) electrons. The molecule has 0 aliphatic carbocycles. The van der Waals surface area contributed by atoms with Crippen LogP contribution < -0.4 is 10.2 Å². The van der Waals surface area contributed by atoms with Gasteiger partial charge in [-0.3, -0.25) is 14.4 Å². The van der Waals surface area contributed by atoms with Gasteiger partial charge in [-0.15, -0.1) is 0 Å². The Morgan fingerprint density at radius 1 is 1.14 bits per heavy atom. The van der Waals surface area contributed by atoms with Crippen LogP contribution >= 0.6 is 0 Å². The fourth-order valence-electron chi connectivity index (χ4n) is 3.67. The summed E-state index contributed by atoms with van der Waals surface area (Å²) < 4.78 is 5.18. The van der Waals surface area contributed by atoms with Gasteiger partial charge < -0.3 is 15.0 Å². The van der Waals surface area contributed by atoms with Crippen LogP contribution in [-0.2, 0) is 25.5 Å². The van der Waals surface area contributed by atoms with E-state index in [0.29, 0.717) is 5.69 Å². The topological polar surface area (TPSA) is 75.7 Å². The monoisotopic (exact) mass is 394 g/mol. The van der Waals surface area contributed by atoms with Crippen LogP contribution in [0, 0.1) is 19.8 Å². The van der Waals surface area contributed by atoms with Crippen molar-refractivity contribution in [1.82, 2.24) is 0 Å². The van der Waals surface area contributed by atoms with Crippen molar-refractivity contribution in [2.45, 2.75) is 33.6 Å². The number of anilines is 2. The lowest BCUT2D eigenvalue weighted by Gasteiger charge is -2.19. The van der Waals surface area contributed by atoms with Crippen molar-refractivity contribution >= 4 is 29.2 Å².